The van der Waals surface area contributed by atoms with Crippen LogP contribution >= 0.6 is 0 Å². The van der Waals surface area contributed by atoms with Crippen LogP contribution in [-0.2, 0) is 0 Å². The number of rotatable bonds is 2. The third-order valence-electron chi connectivity index (χ3n) is 4.58. The summed E-state index contributed by atoms with van der Waals surface area (Å²) in [6, 6.07) is 13.9. The number of aromatic nitrogens is 2. The molecule has 3 aromatic rings. The fourth-order valence-electron chi connectivity index (χ4n) is 3.31. The molecule has 0 aliphatic carbocycles. The average molecular weight is 332 g/mol. The fraction of sp³-hybridized carbons (Fsp3) is 0.250. The van der Waals surface area contributed by atoms with Crippen LogP contribution in [0.25, 0.3) is 22.2 Å². The zero-order chi connectivity index (χ0) is 17.2. The Labute approximate surface area is 146 Å². The molecule has 0 bridgehead atoms. The molecular weight excluding hydrogens is 312 g/mol. The van der Waals surface area contributed by atoms with E-state index < -0.39 is 0 Å². The second-order valence-corrected chi connectivity index (χ2v) is 6.41. The Kier molecular flexibility index (Phi) is 4.15. The lowest BCUT2D eigenvalue weighted by molar-refractivity contribution is 0.0711. The summed E-state index contributed by atoms with van der Waals surface area (Å²) >= 11 is 0. The van der Waals surface area contributed by atoms with Gasteiger partial charge in [0.05, 0.1) is 16.8 Å². The van der Waals surface area contributed by atoms with Gasteiger partial charge in [-0.05, 0) is 31.2 Å². The van der Waals surface area contributed by atoms with Crippen LogP contribution in [0.3, 0.4) is 0 Å². The first kappa shape index (κ1) is 15.7. The van der Waals surface area contributed by atoms with E-state index in [0.717, 1.165) is 41.8 Å². The molecule has 126 valence electrons. The van der Waals surface area contributed by atoms with Gasteiger partial charge in [0.15, 0.2) is 0 Å². The lowest BCUT2D eigenvalue weighted by Crippen LogP contribution is -2.51. The standard InChI is InChI=1S/C20H20N4O/c1-14-13-24(11-10-22-14)20(25)17-12-19(15-6-8-21-9-7-15)23-18-5-3-2-4-16(17)18/h2-9,12,14,22H,10-11,13H2,1H3. The number of carbonyl (C=O) groups is 1. The number of para-hydroxylation sites is 1. The highest BCUT2D eigenvalue weighted by atomic mass is 16.2. The van der Waals surface area contributed by atoms with Crippen LogP contribution in [0, 0.1) is 0 Å². The second-order valence-electron chi connectivity index (χ2n) is 6.41. The minimum absolute atomic E-state index is 0.0715. The third kappa shape index (κ3) is 3.10. The maximum atomic E-state index is 13.2. The SMILES string of the molecule is CC1CN(C(=O)c2cc(-c3ccncc3)nc3ccccc23)CCN1. The third-order valence-corrected chi connectivity index (χ3v) is 4.58. The van der Waals surface area contributed by atoms with E-state index in [1.54, 1.807) is 12.4 Å². The molecule has 0 saturated carbocycles. The van der Waals surface area contributed by atoms with Crippen LogP contribution in [0.5, 0.6) is 0 Å². The van der Waals surface area contributed by atoms with Gasteiger partial charge in [-0.15, -0.1) is 0 Å². The minimum Gasteiger partial charge on any atom is -0.336 e. The first-order valence-corrected chi connectivity index (χ1v) is 8.55. The van der Waals surface area contributed by atoms with Crippen molar-refractivity contribution in [1.29, 1.82) is 0 Å². The van der Waals surface area contributed by atoms with Crippen molar-refractivity contribution in [3.8, 4) is 11.3 Å². The van der Waals surface area contributed by atoms with Gasteiger partial charge in [-0.2, -0.15) is 0 Å². The molecule has 1 N–H and O–H groups in total. The fourth-order valence-corrected chi connectivity index (χ4v) is 3.31. The van der Waals surface area contributed by atoms with E-state index >= 15 is 0 Å². The summed E-state index contributed by atoms with van der Waals surface area (Å²) in [7, 11) is 0. The van der Waals surface area contributed by atoms with Crippen molar-refractivity contribution >= 4 is 16.8 Å². The van der Waals surface area contributed by atoms with Gasteiger partial charge in [-0.3, -0.25) is 9.78 Å². The number of fused-ring (bicyclic) bond motifs is 1. The van der Waals surface area contributed by atoms with Crippen molar-refractivity contribution in [3.63, 3.8) is 0 Å². The molecule has 3 heterocycles. The highest BCUT2D eigenvalue weighted by molar-refractivity contribution is 6.07. The predicted octanol–water partition coefficient (Wildman–Crippen LogP) is 2.73. The van der Waals surface area contributed by atoms with Crippen molar-refractivity contribution in [2.75, 3.05) is 19.6 Å². The molecule has 1 aliphatic rings. The molecule has 1 aliphatic heterocycles. The maximum absolute atomic E-state index is 13.2. The molecule has 0 radical (unpaired) electrons. The highest BCUT2D eigenvalue weighted by Gasteiger charge is 2.23. The zero-order valence-corrected chi connectivity index (χ0v) is 14.1. The molecule has 1 unspecified atom stereocenters. The Morgan fingerprint density at radius 2 is 2.00 bits per heavy atom. The van der Waals surface area contributed by atoms with Crippen LogP contribution in [0.1, 0.15) is 17.3 Å². The molecule has 1 aromatic carbocycles. The van der Waals surface area contributed by atoms with Gasteiger partial charge in [-0.1, -0.05) is 18.2 Å². The highest BCUT2D eigenvalue weighted by Crippen LogP contribution is 2.25. The average Bonchev–Trinajstić information content (AvgIpc) is 2.67. The van der Waals surface area contributed by atoms with Crippen LogP contribution in [0.2, 0.25) is 0 Å². The van der Waals surface area contributed by atoms with Crippen molar-refractivity contribution in [3.05, 3.63) is 60.4 Å². The summed E-state index contributed by atoms with van der Waals surface area (Å²) in [5.41, 5.74) is 3.31. The first-order chi connectivity index (χ1) is 12.2. The molecule has 2 aromatic heterocycles. The topological polar surface area (TPSA) is 58.1 Å². The summed E-state index contributed by atoms with van der Waals surface area (Å²) in [6.07, 6.45) is 3.48. The Morgan fingerprint density at radius 3 is 2.80 bits per heavy atom. The summed E-state index contributed by atoms with van der Waals surface area (Å²) in [6.45, 7) is 4.38. The molecule has 25 heavy (non-hydrogen) atoms. The van der Waals surface area contributed by atoms with E-state index in [1.807, 2.05) is 47.4 Å². The van der Waals surface area contributed by atoms with Crippen LogP contribution < -0.4 is 5.32 Å². The second kappa shape index (κ2) is 6.61. The summed E-state index contributed by atoms with van der Waals surface area (Å²) in [5.74, 6) is 0.0715. The molecule has 1 saturated heterocycles. The van der Waals surface area contributed by atoms with Gasteiger partial charge in [0.25, 0.3) is 5.91 Å². The number of piperazine rings is 1. The quantitative estimate of drug-likeness (QED) is 0.784. The van der Waals surface area contributed by atoms with Crippen molar-refractivity contribution in [2.24, 2.45) is 0 Å². The summed E-state index contributed by atoms with van der Waals surface area (Å²) in [5, 5.41) is 4.28. The molecule has 1 atom stereocenters. The molecule has 4 rings (SSSR count). The molecule has 1 amide bonds. The van der Waals surface area contributed by atoms with E-state index in [1.165, 1.54) is 0 Å². The molecule has 1 fully saturated rings. The number of nitrogens with one attached hydrogen (secondary N) is 1. The lowest BCUT2D eigenvalue weighted by Gasteiger charge is -2.32. The van der Waals surface area contributed by atoms with E-state index in [9.17, 15) is 4.79 Å². The van der Waals surface area contributed by atoms with E-state index in [2.05, 4.69) is 17.2 Å². The Morgan fingerprint density at radius 1 is 1.20 bits per heavy atom. The first-order valence-electron chi connectivity index (χ1n) is 8.55. The van der Waals surface area contributed by atoms with E-state index in [4.69, 9.17) is 4.98 Å². The van der Waals surface area contributed by atoms with Gasteiger partial charge < -0.3 is 10.2 Å². The number of hydrogen-bond acceptors (Lipinski definition) is 4. The number of pyridine rings is 2. The van der Waals surface area contributed by atoms with Gasteiger partial charge in [0.2, 0.25) is 0 Å². The number of nitrogens with zero attached hydrogens (tertiary/aromatic N) is 3. The minimum atomic E-state index is 0.0715. The number of hydrogen-bond donors (Lipinski definition) is 1. The number of amides is 1. The maximum Gasteiger partial charge on any atom is 0.254 e. The Hall–Kier alpha value is -2.79. The lowest BCUT2D eigenvalue weighted by atomic mass is 10.0. The van der Waals surface area contributed by atoms with Crippen LogP contribution in [0.4, 0.5) is 0 Å². The molecule has 5 heteroatoms. The number of benzene rings is 1. The van der Waals surface area contributed by atoms with Crippen molar-refractivity contribution in [1.82, 2.24) is 20.2 Å². The Bertz CT molecular complexity index is 910. The molecule has 0 spiro atoms. The molecule has 5 nitrogen and oxygen atoms in total. The van der Waals surface area contributed by atoms with Gasteiger partial charge >= 0.3 is 0 Å². The Balaban J connectivity index is 1.82. The van der Waals surface area contributed by atoms with Crippen LogP contribution in [0.15, 0.2) is 54.9 Å². The largest absolute Gasteiger partial charge is 0.336 e. The summed E-state index contributed by atoms with van der Waals surface area (Å²) < 4.78 is 0. The van der Waals surface area contributed by atoms with Gasteiger partial charge in [0, 0.05) is 49.0 Å². The van der Waals surface area contributed by atoms with E-state index in [-0.39, 0.29) is 5.91 Å². The molecular formula is C20H20N4O. The smallest absolute Gasteiger partial charge is 0.254 e. The van der Waals surface area contributed by atoms with Crippen LogP contribution in [-0.4, -0.2) is 46.5 Å². The normalized spacial score (nSPS) is 17.6. The zero-order valence-electron chi connectivity index (χ0n) is 14.1. The predicted molar refractivity (Wildman–Crippen MR) is 98.3 cm³/mol. The number of carbonyl (C=O) groups excluding carboxylic acids is 1. The van der Waals surface area contributed by atoms with Gasteiger partial charge in [-0.25, -0.2) is 4.98 Å². The monoisotopic (exact) mass is 332 g/mol. The van der Waals surface area contributed by atoms with E-state index in [0.29, 0.717) is 11.6 Å². The van der Waals surface area contributed by atoms with Crippen molar-refractivity contribution < 1.29 is 4.79 Å². The van der Waals surface area contributed by atoms with Gasteiger partial charge in [0.1, 0.15) is 0 Å². The van der Waals surface area contributed by atoms with Crippen molar-refractivity contribution in [2.45, 2.75) is 13.0 Å². The summed E-state index contributed by atoms with van der Waals surface area (Å²) in [4.78, 5) is 23.9.